The van der Waals surface area contributed by atoms with E-state index in [2.05, 4.69) is 14.8 Å². The zero-order valence-electron chi connectivity index (χ0n) is 9.43. The van der Waals surface area contributed by atoms with Gasteiger partial charge in [0.15, 0.2) is 5.82 Å². The number of nitrogens with zero attached hydrogens (tertiary/aromatic N) is 3. The predicted molar refractivity (Wildman–Crippen MR) is 65.3 cm³/mol. The maximum atomic E-state index is 6.03. The van der Waals surface area contributed by atoms with Crippen molar-refractivity contribution in [3.63, 3.8) is 0 Å². The first-order valence-electron chi connectivity index (χ1n) is 5.53. The quantitative estimate of drug-likeness (QED) is 0.840. The standard InChI is InChI=1S/C12H12ClN3O/c1-17-11-5-2-8(13)6-10(11)12-15-14-7-16(12)9-3-4-9/h2,5-7,9H,3-4H2,1H3. The zero-order chi connectivity index (χ0) is 11.8. The molecule has 1 aromatic heterocycles. The fourth-order valence-corrected chi connectivity index (χ4v) is 2.08. The molecule has 5 heteroatoms. The van der Waals surface area contributed by atoms with E-state index in [4.69, 9.17) is 16.3 Å². The predicted octanol–water partition coefficient (Wildman–Crippen LogP) is 2.94. The second kappa shape index (κ2) is 4.04. The SMILES string of the molecule is COc1ccc(Cl)cc1-c1nncn1C1CC1. The third-order valence-electron chi connectivity index (χ3n) is 2.92. The fourth-order valence-electron chi connectivity index (χ4n) is 1.91. The number of methoxy groups -OCH3 is 1. The number of halogens is 1. The highest BCUT2D eigenvalue weighted by Crippen LogP contribution is 2.39. The van der Waals surface area contributed by atoms with Crippen LogP contribution in [0.3, 0.4) is 0 Å². The molecule has 0 bridgehead atoms. The summed E-state index contributed by atoms with van der Waals surface area (Å²) >= 11 is 6.03. The molecule has 3 rings (SSSR count). The molecular formula is C12H12ClN3O. The molecule has 0 unspecified atom stereocenters. The Hall–Kier alpha value is -1.55. The summed E-state index contributed by atoms with van der Waals surface area (Å²) in [6.07, 6.45) is 4.15. The van der Waals surface area contributed by atoms with Crippen molar-refractivity contribution in [2.75, 3.05) is 7.11 Å². The van der Waals surface area contributed by atoms with E-state index in [0.29, 0.717) is 11.1 Å². The highest BCUT2D eigenvalue weighted by atomic mass is 35.5. The molecule has 0 saturated heterocycles. The summed E-state index contributed by atoms with van der Waals surface area (Å²) in [5.74, 6) is 1.59. The van der Waals surface area contributed by atoms with Crippen LogP contribution in [0.25, 0.3) is 11.4 Å². The Kier molecular flexibility index (Phi) is 2.52. The number of rotatable bonds is 3. The van der Waals surface area contributed by atoms with Gasteiger partial charge >= 0.3 is 0 Å². The Morgan fingerprint density at radius 2 is 2.24 bits per heavy atom. The second-order valence-electron chi connectivity index (χ2n) is 4.14. The number of hydrogen-bond donors (Lipinski definition) is 0. The van der Waals surface area contributed by atoms with Crippen LogP contribution in [-0.2, 0) is 0 Å². The Bertz CT molecular complexity index is 548. The Balaban J connectivity index is 2.13. The van der Waals surface area contributed by atoms with E-state index in [0.717, 1.165) is 17.1 Å². The molecule has 0 spiro atoms. The van der Waals surface area contributed by atoms with Crippen molar-refractivity contribution in [3.8, 4) is 17.1 Å². The van der Waals surface area contributed by atoms with Crippen molar-refractivity contribution in [1.29, 1.82) is 0 Å². The summed E-state index contributed by atoms with van der Waals surface area (Å²) < 4.78 is 7.43. The molecule has 0 N–H and O–H groups in total. The lowest BCUT2D eigenvalue weighted by Crippen LogP contribution is -1.98. The molecule has 1 aliphatic rings. The highest BCUT2D eigenvalue weighted by Gasteiger charge is 2.27. The van der Waals surface area contributed by atoms with Gasteiger partial charge in [0, 0.05) is 11.1 Å². The maximum Gasteiger partial charge on any atom is 0.167 e. The van der Waals surface area contributed by atoms with E-state index in [1.54, 1.807) is 13.4 Å². The number of hydrogen-bond acceptors (Lipinski definition) is 3. The fraction of sp³-hybridized carbons (Fsp3) is 0.333. The first kappa shape index (κ1) is 10.6. The zero-order valence-corrected chi connectivity index (χ0v) is 10.2. The van der Waals surface area contributed by atoms with E-state index in [1.165, 1.54) is 12.8 Å². The van der Waals surface area contributed by atoms with Gasteiger partial charge in [-0.1, -0.05) is 11.6 Å². The molecule has 88 valence electrons. The van der Waals surface area contributed by atoms with Gasteiger partial charge in [-0.3, -0.25) is 0 Å². The lowest BCUT2D eigenvalue weighted by atomic mass is 10.2. The minimum atomic E-state index is 0.531. The molecule has 1 saturated carbocycles. The van der Waals surface area contributed by atoms with Crippen LogP contribution in [0, 0.1) is 0 Å². The second-order valence-corrected chi connectivity index (χ2v) is 4.57. The third-order valence-corrected chi connectivity index (χ3v) is 3.15. The van der Waals surface area contributed by atoms with Crippen molar-refractivity contribution in [2.45, 2.75) is 18.9 Å². The average molecular weight is 250 g/mol. The van der Waals surface area contributed by atoms with Gasteiger partial charge in [0.05, 0.1) is 12.7 Å². The lowest BCUT2D eigenvalue weighted by molar-refractivity contribution is 0.416. The molecule has 4 nitrogen and oxygen atoms in total. The van der Waals surface area contributed by atoms with E-state index in [1.807, 2.05) is 18.2 Å². The molecule has 2 aromatic rings. The van der Waals surface area contributed by atoms with Crippen LogP contribution in [0.4, 0.5) is 0 Å². The van der Waals surface area contributed by atoms with Crippen molar-refractivity contribution in [2.24, 2.45) is 0 Å². The van der Waals surface area contributed by atoms with E-state index in [9.17, 15) is 0 Å². The summed E-state index contributed by atoms with van der Waals surface area (Å²) in [6, 6.07) is 6.05. The Labute approximate surface area is 104 Å². The molecule has 17 heavy (non-hydrogen) atoms. The molecule has 1 aromatic carbocycles. The van der Waals surface area contributed by atoms with Crippen LogP contribution in [0.15, 0.2) is 24.5 Å². The lowest BCUT2D eigenvalue weighted by Gasteiger charge is -2.09. The topological polar surface area (TPSA) is 39.9 Å². The smallest absolute Gasteiger partial charge is 0.167 e. The molecule has 0 aliphatic heterocycles. The summed E-state index contributed by atoms with van der Waals surface area (Å²) in [7, 11) is 1.64. The van der Waals surface area contributed by atoms with E-state index >= 15 is 0 Å². The largest absolute Gasteiger partial charge is 0.496 e. The van der Waals surface area contributed by atoms with Crippen molar-refractivity contribution < 1.29 is 4.74 Å². The van der Waals surface area contributed by atoms with Gasteiger partial charge in [-0.05, 0) is 31.0 Å². The van der Waals surface area contributed by atoms with Gasteiger partial charge in [0.2, 0.25) is 0 Å². The normalized spacial score (nSPS) is 14.9. The highest BCUT2D eigenvalue weighted by molar-refractivity contribution is 6.30. The van der Waals surface area contributed by atoms with Gasteiger partial charge in [0.25, 0.3) is 0 Å². The summed E-state index contributed by atoms with van der Waals surface area (Å²) in [5, 5.41) is 8.82. The average Bonchev–Trinajstić information content (AvgIpc) is 3.07. The number of aromatic nitrogens is 3. The summed E-state index contributed by atoms with van der Waals surface area (Å²) in [4.78, 5) is 0. The van der Waals surface area contributed by atoms with Gasteiger partial charge in [-0.15, -0.1) is 10.2 Å². The Morgan fingerprint density at radius 1 is 1.41 bits per heavy atom. The van der Waals surface area contributed by atoms with Crippen LogP contribution in [-0.4, -0.2) is 21.9 Å². The molecule has 1 fully saturated rings. The molecule has 1 aliphatic carbocycles. The molecule has 0 amide bonds. The van der Waals surface area contributed by atoms with Crippen molar-refractivity contribution >= 4 is 11.6 Å². The van der Waals surface area contributed by atoms with Gasteiger partial charge < -0.3 is 9.30 Å². The number of ether oxygens (including phenoxy) is 1. The first-order valence-corrected chi connectivity index (χ1v) is 5.91. The molecule has 1 heterocycles. The Morgan fingerprint density at radius 3 is 2.94 bits per heavy atom. The summed E-state index contributed by atoms with van der Waals surface area (Å²) in [6.45, 7) is 0. The molecule has 0 radical (unpaired) electrons. The van der Waals surface area contributed by atoms with Crippen LogP contribution in [0.5, 0.6) is 5.75 Å². The minimum absolute atomic E-state index is 0.531. The van der Waals surface area contributed by atoms with Crippen LogP contribution in [0.2, 0.25) is 5.02 Å². The van der Waals surface area contributed by atoms with Gasteiger partial charge in [0.1, 0.15) is 12.1 Å². The monoisotopic (exact) mass is 249 g/mol. The van der Waals surface area contributed by atoms with E-state index in [-0.39, 0.29) is 0 Å². The van der Waals surface area contributed by atoms with Gasteiger partial charge in [-0.25, -0.2) is 0 Å². The van der Waals surface area contributed by atoms with Crippen LogP contribution < -0.4 is 4.74 Å². The van der Waals surface area contributed by atoms with Crippen LogP contribution >= 0.6 is 11.6 Å². The maximum absolute atomic E-state index is 6.03. The first-order chi connectivity index (χ1) is 8.29. The molecule has 0 atom stereocenters. The number of benzene rings is 1. The third kappa shape index (κ3) is 1.89. The van der Waals surface area contributed by atoms with E-state index < -0.39 is 0 Å². The van der Waals surface area contributed by atoms with Gasteiger partial charge in [-0.2, -0.15) is 0 Å². The van der Waals surface area contributed by atoms with Crippen molar-refractivity contribution in [3.05, 3.63) is 29.5 Å². The molecular weight excluding hydrogens is 238 g/mol. The van der Waals surface area contributed by atoms with Crippen molar-refractivity contribution in [1.82, 2.24) is 14.8 Å². The summed E-state index contributed by atoms with van der Waals surface area (Å²) in [5.41, 5.74) is 0.893. The minimum Gasteiger partial charge on any atom is -0.496 e. The van der Waals surface area contributed by atoms with Crippen LogP contribution in [0.1, 0.15) is 18.9 Å².